The first-order chi connectivity index (χ1) is 12.1. The molecule has 4 nitrogen and oxygen atoms in total. The van der Waals surface area contributed by atoms with Gasteiger partial charge in [-0.25, -0.2) is 4.39 Å². The molecule has 6 heteroatoms. The summed E-state index contributed by atoms with van der Waals surface area (Å²) in [6.07, 6.45) is 3.41. The maximum atomic E-state index is 13.7. The summed E-state index contributed by atoms with van der Waals surface area (Å²) in [5.74, 6) is 0.0634. The molecule has 0 fully saturated rings. The standard InChI is InChI=1S/C19H16BrFN2O2/c1-13-9-17(25-12-15-6-2-3-7-16(15)21)18(20)19(24)23(13)11-14-5-4-8-22-10-14/h2-10H,11-12H2,1H3. The smallest absolute Gasteiger partial charge is 0.269 e. The summed E-state index contributed by atoms with van der Waals surface area (Å²) >= 11 is 3.30. The van der Waals surface area contributed by atoms with Crippen molar-refractivity contribution in [2.75, 3.05) is 0 Å². The Bertz CT molecular complexity index is 942. The molecule has 128 valence electrons. The van der Waals surface area contributed by atoms with Gasteiger partial charge in [-0.3, -0.25) is 9.78 Å². The van der Waals surface area contributed by atoms with Crippen molar-refractivity contribution in [2.45, 2.75) is 20.1 Å². The van der Waals surface area contributed by atoms with Gasteiger partial charge in [0.25, 0.3) is 5.56 Å². The van der Waals surface area contributed by atoms with Crippen molar-refractivity contribution in [1.82, 2.24) is 9.55 Å². The number of aromatic nitrogens is 2. The average Bonchev–Trinajstić information content (AvgIpc) is 2.63. The molecule has 2 heterocycles. The molecule has 0 saturated carbocycles. The monoisotopic (exact) mass is 402 g/mol. The third-order valence-corrected chi connectivity index (χ3v) is 4.55. The SMILES string of the molecule is Cc1cc(OCc2ccccc2F)c(Br)c(=O)n1Cc1cccnc1. The number of hydrogen-bond donors (Lipinski definition) is 0. The van der Waals surface area contributed by atoms with Crippen LogP contribution in [0, 0.1) is 12.7 Å². The van der Waals surface area contributed by atoms with E-state index in [1.165, 1.54) is 6.07 Å². The molecule has 0 atom stereocenters. The van der Waals surface area contributed by atoms with Crippen molar-refractivity contribution in [2.24, 2.45) is 0 Å². The Morgan fingerprint density at radius 1 is 1.24 bits per heavy atom. The van der Waals surface area contributed by atoms with Gasteiger partial charge in [0.1, 0.15) is 22.6 Å². The molecule has 0 aliphatic rings. The number of hydrogen-bond acceptors (Lipinski definition) is 3. The summed E-state index contributed by atoms with van der Waals surface area (Å²) in [5, 5.41) is 0. The van der Waals surface area contributed by atoms with Gasteiger partial charge in [0.15, 0.2) is 0 Å². The molecule has 0 N–H and O–H groups in total. The molecule has 0 amide bonds. The summed E-state index contributed by atoms with van der Waals surface area (Å²) in [7, 11) is 0. The number of benzene rings is 1. The quantitative estimate of drug-likeness (QED) is 0.645. The van der Waals surface area contributed by atoms with Crippen LogP contribution in [0.15, 0.2) is 64.1 Å². The largest absolute Gasteiger partial charge is 0.487 e. The summed E-state index contributed by atoms with van der Waals surface area (Å²) in [5.41, 5.74) is 1.92. The van der Waals surface area contributed by atoms with E-state index < -0.39 is 0 Å². The predicted molar refractivity (Wildman–Crippen MR) is 97.2 cm³/mol. The Labute approximate surface area is 153 Å². The molecule has 2 aromatic heterocycles. The average molecular weight is 403 g/mol. The second kappa shape index (κ2) is 7.61. The van der Waals surface area contributed by atoms with Gasteiger partial charge in [0, 0.05) is 29.7 Å². The van der Waals surface area contributed by atoms with Crippen molar-refractivity contribution in [3.05, 3.63) is 92.3 Å². The second-order valence-electron chi connectivity index (χ2n) is 5.60. The van der Waals surface area contributed by atoms with E-state index in [0.717, 1.165) is 11.3 Å². The molecule has 0 aliphatic heterocycles. The van der Waals surface area contributed by atoms with Crippen molar-refractivity contribution < 1.29 is 9.13 Å². The van der Waals surface area contributed by atoms with Crippen LogP contribution < -0.4 is 10.3 Å². The minimum atomic E-state index is -0.333. The summed E-state index contributed by atoms with van der Waals surface area (Å²) in [6, 6.07) is 11.9. The first kappa shape index (κ1) is 17.4. The van der Waals surface area contributed by atoms with Gasteiger partial charge >= 0.3 is 0 Å². The normalized spacial score (nSPS) is 10.7. The van der Waals surface area contributed by atoms with E-state index in [1.54, 1.807) is 41.2 Å². The van der Waals surface area contributed by atoms with E-state index in [1.807, 2.05) is 19.1 Å². The zero-order chi connectivity index (χ0) is 17.8. The van der Waals surface area contributed by atoms with Gasteiger partial charge < -0.3 is 9.30 Å². The molecule has 0 unspecified atom stereocenters. The Morgan fingerprint density at radius 2 is 2.04 bits per heavy atom. The molecular formula is C19H16BrFN2O2. The van der Waals surface area contributed by atoms with Crippen LogP contribution in [0.25, 0.3) is 0 Å². The Kier molecular flexibility index (Phi) is 5.28. The fraction of sp³-hybridized carbons (Fsp3) is 0.158. The molecule has 1 aromatic carbocycles. The molecule has 3 rings (SSSR count). The fourth-order valence-corrected chi connectivity index (χ4v) is 2.90. The molecule has 0 spiro atoms. The predicted octanol–water partition coefficient (Wildman–Crippen LogP) is 4.08. The maximum Gasteiger partial charge on any atom is 0.269 e. The highest BCUT2D eigenvalue weighted by atomic mass is 79.9. The lowest BCUT2D eigenvalue weighted by atomic mass is 10.2. The van der Waals surface area contributed by atoms with E-state index in [9.17, 15) is 9.18 Å². The van der Waals surface area contributed by atoms with Gasteiger partial charge in [0.05, 0.1) is 6.54 Å². The topological polar surface area (TPSA) is 44.1 Å². The van der Waals surface area contributed by atoms with E-state index in [-0.39, 0.29) is 18.0 Å². The van der Waals surface area contributed by atoms with Gasteiger partial charge in [-0.15, -0.1) is 0 Å². The number of ether oxygens (including phenoxy) is 1. The highest BCUT2D eigenvalue weighted by molar-refractivity contribution is 9.10. The Morgan fingerprint density at radius 3 is 2.76 bits per heavy atom. The number of nitrogens with zero attached hydrogens (tertiary/aromatic N) is 2. The number of aryl methyl sites for hydroxylation is 1. The van der Waals surface area contributed by atoms with Crippen LogP contribution in [0.4, 0.5) is 4.39 Å². The Hall–Kier alpha value is -2.47. The lowest BCUT2D eigenvalue weighted by Crippen LogP contribution is -2.24. The molecular weight excluding hydrogens is 387 g/mol. The Balaban J connectivity index is 1.85. The van der Waals surface area contributed by atoms with E-state index >= 15 is 0 Å². The molecule has 0 aliphatic carbocycles. The van der Waals surface area contributed by atoms with Crippen molar-refractivity contribution >= 4 is 15.9 Å². The van der Waals surface area contributed by atoms with E-state index in [0.29, 0.717) is 22.3 Å². The van der Waals surface area contributed by atoms with Crippen molar-refractivity contribution in [3.8, 4) is 5.75 Å². The van der Waals surface area contributed by atoms with E-state index in [4.69, 9.17) is 4.74 Å². The molecule has 0 radical (unpaired) electrons. The van der Waals surface area contributed by atoms with Crippen LogP contribution in [0.3, 0.4) is 0 Å². The molecule has 0 bridgehead atoms. The lowest BCUT2D eigenvalue weighted by molar-refractivity contribution is 0.296. The first-order valence-corrected chi connectivity index (χ1v) is 8.50. The van der Waals surface area contributed by atoms with Crippen molar-refractivity contribution in [1.29, 1.82) is 0 Å². The van der Waals surface area contributed by atoms with Gasteiger partial charge in [-0.05, 0) is 40.5 Å². The van der Waals surface area contributed by atoms with Crippen LogP contribution in [0.5, 0.6) is 5.75 Å². The highest BCUT2D eigenvalue weighted by Crippen LogP contribution is 2.24. The van der Waals surface area contributed by atoms with Crippen LogP contribution in [0.1, 0.15) is 16.8 Å². The van der Waals surface area contributed by atoms with Gasteiger partial charge in [0.2, 0.25) is 0 Å². The molecule has 0 saturated heterocycles. The number of pyridine rings is 2. The fourth-order valence-electron chi connectivity index (χ4n) is 2.46. The van der Waals surface area contributed by atoms with Crippen LogP contribution in [-0.4, -0.2) is 9.55 Å². The first-order valence-electron chi connectivity index (χ1n) is 7.71. The van der Waals surface area contributed by atoms with Crippen LogP contribution >= 0.6 is 15.9 Å². The minimum Gasteiger partial charge on any atom is -0.487 e. The van der Waals surface area contributed by atoms with Gasteiger partial charge in [-0.1, -0.05) is 24.3 Å². The number of rotatable bonds is 5. The summed E-state index contributed by atoms with van der Waals surface area (Å²) in [6.45, 7) is 2.31. The maximum absolute atomic E-state index is 13.7. The molecule has 3 aromatic rings. The number of halogens is 2. The summed E-state index contributed by atoms with van der Waals surface area (Å²) < 4.78 is 21.3. The second-order valence-corrected chi connectivity index (χ2v) is 6.39. The van der Waals surface area contributed by atoms with Gasteiger partial charge in [-0.2, -0.15) is 0 Å². The molecule has 25 heavy (non-hydrogen) atoms. The third kappa shape index (κ3) is 3.96. The van der Waals surface area contributed by atoms with Crippen LogP contribution in [-0.2, 0) is 13.2 Å². The zero-order valence-corrected chi connectivity index (χ0v) is 15.2. The summed E-state index contributed by atoms with van der Waals surface area (Å²) in [4.78, 5) is 16.7. The van der Waals surface area contributed by atoms with E-state index in [2.05, 4.69) is 20.9 Å². The van der Waals surface area contributed by atoms with Crippen LogP contribution in [0.2, 0.25) is 0 Å². The zero-order valence-electron chi connectivity index (χ0n) is 13.6. The third-order valence-electron chi connectivity index (χ3n) is 3.82. The lowest BCUT2D eigenvalue weighted by Gasteiger charge is -2.14. The van der Waals surface area contributed by atoms with Crippen molar-refractivity contribution in [3.63, 3.8) is 0 Å². The highest BCUT2D eigenvalue weighted by Gasteiger charge is 2.13. The minimum absolute atomic E-state index is 0.0524.